The van der Waals surface area contributed by atoms with E-state index in [9.17, 15) is 0 Å². The third-order valence-electron chi connectivity index (χ3n) is 3.84. The number of nitrogens with one attached hydrogen (secondary N) is 1. The van der Waals surface area contributed by atoms with Crippen LogP contribution < -0.4 is 16.8 Å². The molecule has 0 aliphatic heterocycles. The van der Waals surface area contributed by atoms with Crippen molar-refractivity contribution in [3.05, 3.63) is 29.7 Å². The molecule has 0 bridgehead atoms. The van der Waals surface area contributed by atoms with Crippen LogP contribution in [-0.4, -0.2) is 25.8 Å². The van der Waals surface area contributed by atoms with Gasteiger partial charge in [0.2, 0.25) is 5.95 Å². The SMILES string of the molecule is CCn1cc(CNc2cc(C3CC(N)C3)nc(N)n2)cn1.Cl.Cl. The van der Waals surface area contributed by atoms with Gasteiger partial charge in [-0.25, -0.2) is 4.98 Å². The average Bonchev–Trinajstić information content (AvgIpc) is 2.89. The lowest BCUT2D eigenvalue weighted by Crippen LogP contribution is -2.35. The third-order valence-corrected chi connectivity index (χ3v) is 3.84. The molecule has 1 saturated carbocycles. The van der Waals surface area contributed by atoms with Crippen molar-refractivity contribution in [1.29, 1.82) is 0 Å². The second-order valence-corrected chi connectivity index (χ2v) is 5.52. The molecule has 2 heterocycles. The van der Waals surface area contributed by atoms with E-state index in [1.54, 1.807) is 0 Å². The maximum Gasteiger partial charge on any atom is 0.222 e. The molecule has 1 aliphatic carbocycles. The van der Waals surface area contributed by atoms with Crippen molar-refractivity contribution in [2.24, 2.45) is 5.73 Å². The molecular weight excluding hydrogens is 337 g/mol. The molecule has 2 aromatic rings. The predicted molar refractivity (Wildman–Crippen MR) is 96.1 cm³/mol. The van der Waals surface area contributed by atoms with Crippen LogP contribution in [0.4, 0.5) is 11.8 Å². The highest BCUT2D eigenvalue weighted by Gasteiger charge is 2.29. The lowest BCUT2D eigenvalue weighted by Gasteiger charge is -2.32. The largest absolute Gasteiger partial charge is 0.368 e. The summed E-state index contributed by atoms with van der Waals surface area (Å²) in [5, 5.41) is 7.52. The third kappa shape index (κ3) is 4.70. The van der Waals surface area contributed by atoms with Gasteiger partial charge in [-0.3, -0.25) is 4.68 Å². The molecule has 0 unspecified atom stereocenters. The first kappa shape index (κ1) is 19.5. The summed E-state index contributed by atoms with van der Waals surface area (Å²) in [6, 6.07) is 2.26. The van der Waals surface area contributed by atoms with Crippen LogP contribution >= 0.6 is 24.8 Å². The quantitative estimate of drug-likeness (QED) is 0.752. The maximum atomic E-state index is 5.83. The van der Waals surface area contributed by atoms with Crippen molar-refractivity contribution in [3.63, 3.8) is 0 Å². The molecule has 0 aromatic carbocycles. The molecule has 128 valence electrons. The van der Waals surface area contributed by atoms with E-state index in [4.69, 9.17) is 11.5 Å². The Morgan fingerprint density at radius 1 is 1.30 bits per heavy atom. The van der Waals surface area contributed by atoms with Gasteiger partial charge in [0.25, 0.3) is 0 Å². The molecule has 3 rings (SSSR count). The monoisotopic (exact) mass is 359 g/mol. The smallest absolute Gasteiger partial charge is 0.222 e. The number of aromatic nitrogens is 4. The fourth-order valence-electron chi connectivity index (χ4n) is 2.55. The molecule has 7 nitrogen and oxygen atoms in total. The van der Waals surface area contributed by atoms with Crippen molar-refractivity contribution in [2.45, 2.75) is 44.8 Å². The number of hydrogen-bond acceptors (Lipinski definition) is 6. The summed E-state index contributed by atoms with van der Waals surface area (Å²) in [5.74, 6) is 1.47. The molecule has 0 radical (unpaired) electrons. The highest BCUT2D eigenvalue weighted by Crippen LogP contribution is 2.35. The van der Waals surface area contributed by atoms with E-state index < -0.39 is 0 Å². The second kappa shape index (κ2) is 8.33. The van der Waals surface area contributed by atoms with Crippen LogP contribution in [0.1, 0.15) is 36.9 Å². The van der Waals surface area contributed by atoms with Crippen LogP contribution in [0.2, 0.25) is 0 Å². The van der Waals surface area contributed by atoms with Gasteiger partial charge >= 0.3 is 0 Å². The summed E-state index contributed by atoms with van der Waals surface area (Å²) in [4.78, 5) is 8.55. The van der Waals surface area contributed by atoms with Gasteiger partial charge in [-0.2, -0.15) is 10.1 Å². The van der Waals surface area contributed by atoms with Crippen molar-refractivity contribution < 1.29 is 0 Å². The van der Waals surface area contributed by atoms with Crippen LogP contribution in [-0.2, 0) is 13.1 Å². The number of aryl methyl sites for hydroxylation is 1. The molecule has 23 heavy (non-hydrogen) atoms. The van der Waals surface area contributed by atoms with Gasteiger partial charge in [0.15, 0.2) is 0 Å². The molecule has 5 N–H and O–H groups in total. The highest BCUT2D eigenvalue weighted by atomic mass is 35.5. The van der Waals surface area contributed by atoms with Crippen LogP contribution in [0, 0.1) is 0 Å². The Balaban J connectivity index is 0.00000132. The standard InChI is InChI=1S/C14H21N7.2ClH/c1-2-21-8-9(7-18-21)6-17-13-5-12(19-14(16)20-13)10-3-11(15)4-10;;/h5,7-8,10-11H,2-4,6,15H2,1H3,(H3,16,17,19,20);2*1H. The second-order valence-electron chi connectivity index (χ2n) is 5.52. The zero-order valence-electron chi connectivity index (χ0n) is 13.0. The number of nitrogen functional groups attached to an aromatic ring is 1. The van der Waals surface area contributed by atoms with Gasteiger partial charge in [-0.1, -0.05) is 0 Å². The van der Waals surface area contributed by atoms with Crippen LogP contribution in [0.5, 0.6) is 0 Å². The Bertz CT molecular complexity index is 625. The van der Waals surface area contributed by atoms with Gasteiger partial charge in [0.1, 0.15) is 5.82 Å². The van der Waals surface area contributed by atoms with Gasteiger partial charge in [0.05, 0.1) is 11.9 Å². The highest BCUT2D eigenvalue weighted by molar-refractivity contribution is 5.85. The van der Waals surface area contributed by atoms with Crippen molar-refractivity contribution in [1.82, 2.24) is 19.7 Å². The zero-order chi connectivity index (χ0) is 14.8. The molecule has 0 saturated heterocycles. The van der Waals surface area contributed by atoms with E-state index in [1.165, 1.54) is 0 Å². The number of anilines is 2. The van der Waals surface area contributed by atoms with E-state index in [0.29, 0.717) is 24.5 Å². The molecule has 1 aliphatic rings. The molecule has 9 heteroatoms. The Morgan fingerprint density at radius 3 is 2.65 bits per heavy atom. The number of halogens is 2. The average molecular weight is 360 g/mol. The number of hydrogen-bond donors (Lipinski definition) is 3. The lowest BCUT2D eigenvalue weighted by molar-refractivity contribution is 0.345. The van der Waals surface area contributed by atoms with Crippen molar-refractivity contribution in [2.75, 3.05) is 11.1 Å². The maximum absolute atomic E-state index is 5.83. The Morgan fingerprint density at radius 2 is 2.04 bits per heavy atom. The number of nitrogens with two attached hydrogens (primary N) is 2. The summed E-state index contributed by atoms with van der Waals surface area (Å²) >= 11 is 0. The van der Waals surface area contributed by atoms with Gasteiger partial charge in [-0.05, 0) is 19.8 Å². The summed E-state index contributed by atoms with van der Waals surface area (Å²) in [6.45, 7) is 3.59. The van der Waals surface area contributed by atoms with Gasteiger partial charge in [0, 0.05) is 42.9 Å². The first-order valence-corrected chi connectivity index (χ1v) is 7.29. The van der Waals surface area contributed by atoms with Crippen LogP contribution in [0.15, 0.2) is 18.5 Å². The van der Waals surface area contributed by atoms with Gasteiger partial charge in [-0.15, -0.1) is 24.8 Å². The minimum absolute atomic E-state index is 0. The summed E-state index contributed by atoms with van der Waals surface area (Å²) in [6.07, 6.45) is 5.81. The van der Waals surface area contributed by atoms with E-state index in [0.717, 1.165) is 36.5 Å². The minimum Gasteiger partial charge on any atom is -0.368 e. The van der Waals surface area contributed by atoms with Crippen LogP contribution in [0.3, 0.4) is 0 Å². The molecule has 2 aromatic heterocycles. The fourth-order valence-corrected chi connectivity index (χ4v) is 2.55. The number of nitrogens with zero attached hydrogens (tertiary/aromatic N) is 4. The topological polar surface area (TPSA) is 108 Å². The lowest BCUT2D eigenvalue weighted by atomic mass is 9.78. The van der Waals surface area contributed by atoms with Crippen molar-refractivity contribution in [3.8, 4) is 0 Å². The van der Waals surface area contributed by atoms with Crippen molar-refractivity contribution >= 4 is 36.6 Å². The zero-order valence-corrected chi connectivity index (χ0v) is 14.6. The molecular formula is C14H23Cl2N7. The summed E-state index contributed by atoms with van der Waals surface area (Å²) in [5.41, 5.74) is 13.7. The molecule has 1 fully saturated rings. The van der Waals surface area contributed by atoms with Crippen LogP contribution in [0.25, 0.3) is 0 Å². The fraction of sp³-hybridized carbons (Fsp3) is 0.500. The normalized spacial score (nSPS) is 19.2. The van der Waals surface area contributed by atoms with E-state index in [2.05, 4.69) is 27.3 Å². The summed E-state index contributed by atoms with van der Waals surface area (Å²) in [7, 11) is 0. The molecule has 0 spiro atoms. The Kier molecular flexibility index (Phi) is 7.05. The van der Waals surface area contributed by atoms with E-state index in [-0.39, 0.29) is 24.8 Å². The summed E-state index contributed by atoms with van der Waals surface area (Å²) < 4.78 is 1.90. The molecule has 0 atom stereocenters. The number of rotatable bonds is 5. The van der Waals surface area contributed by atoms with Gasteiger partial charge < -0.3 is 16.8 Å². The minimum atomic E-state index is 0. The van der Waals surface area contributed by atoms with E-state index in [1.807, 2.05) is 23.1 Å². The molecule has 0 amide bonds. The predicted octanol–water partition coefficient (Wildman–Crippen LogP) is 1.94. The van der Waals surface area contributed by atoms with E-state index >= 15 is 0 Å². The first-order valence-electron chi connectivity index (χ1n) is 7.29. The Labute approximate surface area is 148 Å². The first-order chi connectivity index (χ1) is 10.1. The Hall–Kier alpha value is -1.57.